The molecule has 0 spiro atoms. The molecule has 2 atom stereocenters. The minimum atomic E-state index is -1.58. The Morgan fingerprint density at radius 3 is 2.29 bits per heavy atom. The third kappa shape index (κ3) is 10.5. The van der Waals surface area contributed by atoms with Crippen molar-refractivity contribution < 1.29 is 13.6 Å². The van der Waals surface area contributed by atoms with Gasteiger partial charge in [0.2, 0.25) is 0 Å². The first-order valence-electron chi connectivity index (χ1n) is 8.34. The lowest BCUT2D eigenvalue weighted by atomic mass is 10.1. The van der Waals surface area contributed by atoms with Crippen LogP contribution in [-0.2, 0) is 13.6 Å². The molecule has 5 heteroatoms. The first-order chi connectivity index (χ1) is 10.1. The second-order valence-electron chi connectivity index (χ2n) is 5.74. The van der Waals surface area contributed by atoms with Gasteiger partial charge in [-0.15, -0.1) is 0 Å². The van der Waals surface area contributed by atoms with Crippen LogP contribution in [-0.4, -0.2) is 33.9 Å². The highest BCUT2D eigenvalue weighted by molar-refractivity contribution is 8.14. The Hall–Kier alpha value is 0.157. The zero-order valence-electron chi connectivity index (χ0n) is 14.5. The standard InChI is InChI=1S/C16H34O3SSi/c1-6-8-9-10-12-16(17)20-14(3)13-15(11-7-2)21(18-4)19-5/h14-15,21H,6-13H2,1-5H3. The molecule has 0 saturated heterocycles. The summed E-state index contributed by atoms with van der Waals surface area (Å²) < 4.78 is 11.1. The Morgan fingerprint density at radius 2 is 1.76 bits per heavy atom. The highest BCUT2D eigenvalue weighted by Crippen LogP contribution is 2.30. The van der Waals surface area contributed by atoms with E-state index in [0.29, 0.717) is 15.9 Å². The minimum Gasteiger partial charge on any atom is -0.400 e. The highest BCUT2D eigenvalue weighted by atomic mass is 32.2. The van der Waals surface area contributed by atoms with Crippen molar-refractivity contribution in [1.29, 1.82) is 0 Å². The summed E-state index contributed by atoms with van der Waals surface area (Å²) in [4.78, 5) is 12.0. The van der Waals surface area contributed by atoms with Gasteiger partial charge >= 0.3 is 9.28 Å². The topological polar surface area (TPSA) is 35.5 Å². The van der Waals surface area contributed by atoms with Gasteiger partial charge in [0.25, 0.3) is 0 Å². The van der Waals surface area contributed by atoms with Gasteiger partial charge in [-0.05, 0) is 19.3 Å². The first kappa shape index (κ1) is 21.2. The molecule has 0 aromatic carbocycles. The average Bonchev–Trinajstić information content (AvgIpc) is 2.45. The van der Waals surface area contributed by atoms with E-state index in [1.165, 1.54) is 31.0 Å². The SMILES string of the molecule is CCCCCCC(=O)SC(C)CC(CCC)[SiH](OC)OC. The van der Waals surface area contributed by atoms with Crippen LogP contribution in [0.4, 0.5) is 0 Å². The van der Waals surface area contributed by atoms with Gasteiger partial charge in [0.1, 0.15) is 0 Å². The summed E-state index contributed by atoms with van der Waals surface area (Å²) in [6.07, 6.45) is 8.70. The number of unbranched alkanes of at least 4 members (excludes halogenated alkanes) is 3. The Balaban J connectivity index is 4.11. The second-order valence-corrected chi connectivity index (χ2v) is 9.85. The van der Waals surface area contributed by atoms with Crippen LogP contribution in [0.1, 0.15) is 72.1 Å². The number of rotatable bonds is 13. The molecule has 0 N–H and O–H groups in total. The fourth-order valence-electron chi connectivity index (χ4n) is 2.67. The molecular formula is C16H34O3SSi. The van der Waals surface area contributed by atoms with Gasteiger partial charge in [-0.3, -0.25) is 4.79 Å². The monoisotopic (exact) mass is 334 g/mol. The van der Waals surface area contributed by atoms with Crippen LogP contribution in [0.15, 0.2) is 0 Å². The maximum Gasteiger partial charge on any atom is 0.324 e. The molecule has 0 saturated carbocycles. The molecule has 0 aliphatic carbocycles. The predicted molar refractivity (Wildman–Crippen MR) is 95.3 cm³/mol. The van der Waals surface area contributed by atoms with Crippen LogP contribution in [0, 0.1) is 0 Å². The van der Waals surface area contributed by atoms with Gasteiger partial charge < -0.3 is 8.85 Å². The lowest BCUT2D eigenvalue weighted by Crippen LogP contribution is -2.28. The third-order valence-electron chi connectivity index (χ3n) is 3.71. The van der Waals surface area contributed by atoms with Crippen molar-refractivity contribution in [3.05, 3.63) is 0 Å². The van der Waals surface area contributed by atoms with Crippen LogP contribution in [0.25, 0.3) is 0 Å². The maximum atomic E-state index is 12.0. The first-order valence-corrected chi connectivity index (χ1v) is 10.8. The maximum absolute atomic E-state index is 12.0. The van der Waals surface area contributed by atoms with Gasteiger partial charge in [0, 0.05) is 31.4 Å². The van der Waals surface area contributed by atoms with Crippen molar-refractivity contribution in [3.63, 3.8) is 0 Å². The summed E-state index contributed by atoms with van der Waals surface area (Å²) in [6, 6.07) is 0. The van der Waals surface area contributed by atoms with Crippen LogP contribution in [0.3, 0.4) is 0 Å². The summed E-state index contributed by atoms with van der Waals surface area (Å²) in [5.74, 6) is 0. The predicted octanol–water partition coefficient (Wildman–Crippen LogP) is 4.68. The van der Waals surface area contributed by atoms with Gasteiger partial charge in [-0.1, -0.05) is 58.2 Å². The highest BCUT2D eigenvalue weighted by Gasteiger charge is 2.26. The zero-order valence-corrected chi connectivity index (χ0v) is 16.5. The number of carbonyl (C=O) groups excluding carboxylic acids is 1. The number of thioether (sulfide) groups is 1. The Bertz CT molecular complexity index is 260. The van der Waals surface area contributed by atoms with Crippen molar-refractivity contribution >= 4 is 26.2 Å². The fraction of sp³-hybridized carbons (Fsp3) is 0.938. The molecule has 0 heterocycles. The van der Waals surface area contributed by atoms with E-state index in [2.05, 4.69) is 20.8 Å². The Labute approximate surface area is 137 Å². The van der Waals surface area contributed by atoms with E-state index in [1.54, 1.807) is 14.2 Å². The molecule has 0 amide bonds. The van der Waals surface area contributed by atoms with E-state index >= 15 is 0 Å². The van der Waals surface area contributed by atoms with E-state index in [0.717, 1.165) is 32.1 Å². The van der Waals surface area contributed by atoms with Crippen molar-refractivity contribution in [2.75, 3.05) is 14.2 Å². The molecule has 3 nitrogen and oxygen atoms in total. The molecule has 0 radical (unpaired) electrons. The summed E-state index contributed by atoms with van der Waals surface area (Å²) in [6.45, 7) is 6.55. The summed E-state index contributed by atoms with van der Waals surface area (Å²) in [5.41, 5.74) is 0.500. The molecular weight excluding hydrogens is 300 g/mol. The summed E-state index contributed by atoms with van der Waals surface area (Å²) >= 11 is 1.52. The lowest BCUT2D eigenvalue weighted by Gasteiger charge is -2.24. The summed E-state index contributed by atoms with van der Waals surface area (Å²) in [5, 5.41) is 0.711. The lowest BCUT2D eigenvalue weighted by molar-refractivity contribution is -0.111. The fourth-order valence-corrected chi connectivity index (χ4v) is 6.12. The third-order valence-corrected chi connectivity index (χ3v) is 7.08. The average molecular weight is 335 g/mol. The molecule has 0 aliphatic rings. The molecule has 0 aromatic heterocycles. The van der Waals surface area contributed by atoms with E-state index in [4.69, 9.17) is 8.85 Å². The Kier molecular flexibility index (Phi) is 13.9. The van der Waals surface area contributed by atoms with Crippen molar-refractivity contribution in [2.24, 2.45) is 0 Å². The molecule has 0 bridgehead atoms. The van der Waals surface area contributed by atoms with E-state index < -0.39 is 9.28 Å². The molecule has 2 unspecified atom stereocenters. The van der Waals surface area contributed by atoms with Crippen molar-refractivity contribution in [1.82, 2.24) is 0 Å². The Morgan fingerprint density at radius 1 is 1.10 bits per heavy atom. The van der Waals surface area contributed by atoms with Crippen LogP contribution < -0.4 is 0 Å². The van der Waals surface area contributed by atoms with Crippen LogP contribution in [0.2, 0.25) is 5.54 Å². The van der Waals surface area contributed by atoms with E-state index in [1.807, 2.05) is 0 Å². The van der Waals surface area contributed by atoms with Crippen LogP contribution >= 0.6 is 11.8 Å². The number of hydrogen-bond acceptors (Lipinski definition) is 4. The molecule has 21 heavy (non-hydrogen) atoms. The molecule has 0 rings (SSSR count). The molecule has 0 aromatic rings. The smallest absolute Gasteiger partial charge is 0.324 e. The normalized spacial score (nSPS) is 14.4. The zero-order chi connectivity index (χ0) is 16.1. The second kappa shape index (κ2) is 13.8. The van der Waals surface area contributed by atoms with Crippen LogP contribution in [0.5, 0.6) is 0 Å². The van der Waals surface area contributed by atoms with Gasteiger partial charge in [0.15, 0.2) is 5.12 Å². The molecule has 0 aliphatic heterocycles. The van der Waals surface area contributed by atoms with E-state index in [-0.39, 0.29) is 0 Å². The minimum absolute atomic E-state index is 0.349. The molecule has 0 fully saturated rings. The number of carbonyl (C=O) groups is 1. The van der Waals surface area contributed by atoms with E-state index in [9.17, 15) is 4.79 Å². The molecule has 126 valence electrons. The van der Waals surface area contributed by atoms with Crippen molar-refractivity contribution in [2.45, 2.75) is 82.9 Å². The van der Waals surface area contributed by atoms with Gasteiger partial charge in [0.05, 0.1) is 0 Å². The van der Waals surface area contributed by atoms with Gasteiger partial charge in [-0.25, -0.2) is 0 Å². The quantitative estimate of drug-likeness (QED) is 0.362. The summed E-state index contributed by atoms with van der Waals surface area (Å²) in [7, 11) is 1.92. The largest absolute Gasteiger partial charge is 0.400 e. The van der Waals surface area contributed by atoms with Gasteiger partial charge in [-0.2, -0.15) is 0 Å². The number of hydrogen-bond donors (Lipinski definition) is 0. The van der Waals surface area contributed by atoms with Crippen molar-refractivity contribution in [3.8, 4) is 0 Å².